The van der Waals surface area contributed by atoms with Crippen molar-refractivity contribution < 1.29 is 9.53 Å². The third kappa shape index (κ3) is 7.78. The number of nitrogens with zero attached hydrogens (tertiary/aromatic N) is 2. The average Bonchev–Trinajstić information content (AvgIpc) is 2.72. The van der Waals surface area contributed by atoms with Gasteiger partial charge in [-0.05, 0) is 51.0 Å². The molecule has 2 fully saturated rings. The smallest absolute Gasteiger partial charge is 0.252 e. The van der Waals surface area contributed by atoms with Gasteiger partial charge < -0.3 is 20.3 Å². The van der Waals surface area contributed by atoms with E-state index >= 15 is 0 Å². The first-order valence-corrected chi connectivity index (χ1v) is 9.80. The lowest BCUT2D eigenvalue weighted by Gasteiger charge is -2.36. The highest BCUT2D eigenvalue weighted by Gasteiger charge is 2.39. The second-order valence-electron chi connectivity index (χ2n) is 7.22. The highest BCUT2D eigenvalue weighted by atomic mass is 35.5. The summed E-state index contributed by atoms with van der Waals surface area (Å²) in [5.74, 6) is 0.0513. The zero-order chi connectivity index (χ0) is 18.2. The zero-order valence-electron chi connectivity index (χ0n) is 17.1. The van der Waals surface area contributed by atoms with Crippen molar-refractivity contribution in [3.63, 3.8) is 0 Å². The summed E-state index contributed by atoms with van der Waals surface area (Å²) in [5, 5.41) is 6.37. The van der Waals surface area contributed by atoms with E-state index in [9.17, 15) is 4.79 Å². The number of benzene rings is 1. The van der Waals surface area contributed by atoms with Crippen LogP contribution in [0.2, 0.25) is 0 Å². The van der Waals surface area contributed by atoms with Crippen molar-refractivity contribution in [3.05, 3.63) is 30.3 Å². The van der Waals surface area contributed by atoms with E-state index in [-0.39, 0.29) is 43.1 Å². The molecule has 0 spiro atoms. The molecule has 3 rings (SSSR count). The van der Waals surface area contributed by atoms with Crippen LogP contribution in [0, 0.1) is 0 Å². The number of rotatable bonds is 7. The maximum Gasteiger partial charge on any atom is 0.252 e. The number of nitrogens with one attached hydrogen (secondary N) is 2. The molecular formula is C20H35Cl3N4O2. The van der Waals surface area contributed by atoms with Gasteiger partial charge in [-0.15, -0.1) is 37.2 Å². The minimum Gasteiger partial charge on any atom is -0.369 e. The second kappa shape index (κ2) is 14.3. The highest BCUT2D eigenvalue weighted by Crippen LogP contribution is 2.22. The molecule has 0 bridgehead atoms. The van der Waals surface area contributed by atoms with Gasteiger partial charge in [-0.2, -0.15) is 0 Å². The van der Waals surface area contributed by atoms with E-state index in [4.69, 9.17) is 4.74 Å². The highest BCUT2D eigenvalue weighted by molar-refractivity contribution is 5.86. The fourth-order valence-corrected chi connectivity index (χ4v) is 3.89. The van der Waals surface area contributed by atoms with E-state index in [1.807, 2.05) is 0 Å². The van der Waals surface area contributed by atoms with Crippen LogP contribution in [-0.4, -0.2) is 75.9 Å². The SMILES string of the molecule is COC1(C(=O)NCCCN2CCN(c3ccccc3)CC2)CCNCC1.Cl.Cl.Cl. The van der Waals surface area contributed by atoms with Crippen LogP contribution in [0.25, 0.3) is 0 Å². The topological polar surface area (TPSA) is 56.8 Å². The van der Waals surface area contributed by atoms with Gasteiger partial charge in [0.2, 0.25) is 0 Å². The molecule has 2 aliphatic heterocycles. The minimum atomic E-state index is -0.632. The van der Waals surface area contributed by atoms with Gasteiger partial charge in [0, 0.05) is 45.5 Å². The molecule has 6 nitrogen and oxygen atoms in total. The standard InChI is InChI=1S/C20H32N4O2.3ClH/c1-26-20(8-11-21-12-9-20)19(25)22-10-5-13-23-14-16-24(17-15-23)18-6-3-2-4-7-18;;;/h2-4,6-7,21H,5,8-17H2,1H3,(H,22,25);3*1H. The first-order valence-electron chi connectivity index (χ1n) is 9.80. The van der Waals surface area contributed by atoms with Crippen LogP contribution < -0.4 is 15.5 Å². The molecular weight excluding hydrogens is 435 g/mol. The molecule has 0 saturated carbocycles. The average molecular weight is 470 g/mol. The predicted octanol–water partition coefficient (Wildman–Crippen LogP) is 2.35. The van der Waals surface area contributed by atoms with Gasteiger partial charge in [0.15, 0.2) is 0 Å². The van der Waals surface area contributed by atoms with Gasteiger partial charge >= 0.3 is 0 Å². The molecule has 2 heterocycles. The van der Waals surface area contributed by atoms with E-state index < -0.39 is 5.60 Å². The monoisotopic (exact) mass is 468 g/mol. The van der Waals surface area contributed by atoms with Gasteiger partial charge in [0.1, 0.15) is 5.60 Å². The molecule has 0 atom stereocenters. The number of methoxy groups -OCH3 is 1. The van der Waals surface area contributed by atoms with Crippen molar-refractivity contribution in [1.82, 2.24) is 15.5 Å². The molecule has 0 unspecified atom stereocenters. The minimum absolute atomic E-state index is 0. The van der Waals surface area contributed by atoms with Crippen molar-refractivity contribution in [2.45, 2.75) is 24.9 Å². The number of hydrogen-bond acceptors (Lipinski definition) is 5. The summed E-state index contributed by atoms with van der Waals surface area (Å²) in [6.45, 7) is 7.72. The summed E-state index contributed by atoms with van der Waals surface area (Å²) in [5.41, 5.74) is 0.679. The Bertz CT molecular complexity index is 566. The summed E-state index contributed by atoms with van der Waals surface area (Å²) in [4.78, 5) is 17.4. The number of carbonyl (C=O) groups excluding carboxylic acids is 1. The number of carbonyl (C=O) groups is 1. The van der Waals surface area contributed by atoms with E-state index in [1.165, 1.54) is 5.69 Å². The molecule has 9 heteroatoms. The quantitative estimate of drug-likeness (QED) is 0.600. The first kappa shape index (κ1) is 28.2. The van der Waals surface area contributed by atoms with Crippen LogP contribution in [0.5, 0.6) is 0 Å². The largest absolute Gasteiger partial charge is 0.369 e. The van der Waals surface area contributed by atoms with Crippen molar-refractivity contribution >= 4 is 48.8 Å². The van der Waals surface area contributed by atoms with Gasteiger partial charge in [0.05, 0.1) is 0 Å². The fraction of sp³-hybridized carbons (Fsp3) is 0.650. The number of piperidine rings is 1. The number of ether oxygens (including phenoxy) is 1. The second-order valence-corrected chi connectivity index (χ2v) is 7.22. The molecule has 0 aliphatic carbocycles. The van der Waals surface area contributed by atoms with E-state index in [0.29, 0.717) is 0 Å². The van der Waals surface area contributed by atoms with Crippen LogP contribution >= 0.6 is 37.2 Å². The summed E-state index contributed by atoms with van der Waals surface area (Å²) >= 11 is 0. The first-order chi connectivity index (χ1) is 12.7. The number of amides is 1. The summed E-state index contributed by atoms with van der Waals surface area (Å²) in [7, 11) is 1.65. The fourth-order valence-electron chi connectivity index (χ4n) is 3.89. The molecule has 1 amide bonds. The summed E-state index contributed by atoms with van der Waals surface area (Å²) in [6.07, 6.45) is 2.47. The van der Waals surface area contributed by atoms with Crippen LogP contribution in [-0.2, 0) is 9.53 Å². The van der Waals surface area contributed by atoms with E-state index in [1.54, 1.807) is 7.11 Å². The normalized spacial score (nSPS) is 18.6. The molecule has 0 radical (unpaired) electrons. The summed E-state index contributed by atoms with van der Waals surface area (Å²) in [6, 6.07) is 10.6. The Balaban J connectivity index is 0.00000261. The van der Waals surface area contributed by atoms with Crippen LogP contribution in [0.1, 0.15) is 19.3 Å². The lowest BCUT2D eigenvalue weighted by Crippen LogP contribution is -2.54. The zero-order valence-corrected chi connectivity index (χ0v) is 19.6. The maximum absolute atomic E-state index is 12.5. The van der Waals surface area contributed by atoms with E-state index in [2.05, 4.69) is 50.8 Å². The molecule has 0 aromatic heterocycles. The lowest BCUT2D eigenvalue weighted by atomic mass is 9.91. The van der Waals surface area contributed by atoms with Crippen LogP contribution in [0.3, 0.4) is 0 Å². The maximum atomic E-state index is 12.5. The van der Waals surface area contributed by atoms with Gasteiger partial charge in [0.25, 0.3) is 5.91 Å². The Morgan fingerprint density at radius 1 is 1.07 bits per heavy atom. The molecule has 1 aromatic rings. The van der Waals surface area contributed by atoms with Gasteiger partial charge in [-0.1, -0.05) is 18.2 Å². The summed E-state index contributed by atoms with van der Waals surface area (Å²) < 4.78 is 5.57. The third-order valence-electron chi connectivity index (χ3n) is 5.65. The van der Waals surface area contributed by atoms with Crippen LogP contribution in [0.4, 0.5) is 5.69 Å². The van der Waals surface area contributed by atoms with Crippen molar-refractivity contribution in [2.75, 3.05) is 64.4 Å². The molecule has 168 valence electrons. The number of piperazine rings is 1. The lowest BCUT2D eigenvalue weighted by molar-refractivity contribution is -0.146. The molecule has 1 aromatic carbocycles. The number of hydrogen-bond donors (Lipinski definition) is 2. The predicted molar refractivity (Wildman–Crippen MR) is 126 cm³/mol. The van der Waals surface area contributed by atoms with Crippen molar-refractivity contribution in [3.8, 4) is 0 Å². The molecule has 2 saturated heterocycles. The number of anilines is 1. The van der Waals surface area contributed by atoms with Crippen LogP contribution in [0.15, 0.2) is 30.3 Å². The molecule has 2 aliphatic rings. The third-order valence-corrected chi connectivity index (χ3v) is 5.65. The Morgan fingerprint density at radius 2 is 1.69 bits per heavy atom. The van der Waals surface area contributed by atoms with Gasteiger partial charge in [-0.3, -0.25) is 9.69 Å². The Hall–Kier alpha value is -0.760. The van der Waals surface area contributed by atoms with E-state index in [0.717, 1.165) is 71.6 Å². The Labute approximate surface area is 193 Å². The number of halogens is 3. The number of para-hydroxylation sites is 1. The van der Waals surface area contributed by atoms with Crippen molar-refractivity contribution in [1.29, 1.82) is 0 Å². The Morgan fingerprint density at radius 3 is 2.28 bits per heavy atom. The Kier molecular flexibility index (Phi) is 13.9. The van der Waals surface area contributed by atoms with Gasteiger partial charge in [-0.25, -0.2) is 0 Å². The molecule has 29 heavy (non-hydrogen) atoms. The molecule has 2 N–H and O–H groups in total. The van der Waals surface area contributed by atoms with Crippen molar-refractivity contribution in [2.24, 2.45) is 0 Å².